The molecule has 29 heavy (non-hydrogen) atoms. The SMILES string of the molecule is Cc1ccc(NS(=O)(=O)c2cc(C(=O)NC(C)c3ccccc3)ccc2C)cc1. The van der Waals surface area contributed by atoms with Gasteiger partial charge in [-0.3, -0.25) is 9.52 Å². The van der Waals surface area contributed by atoms with Gasteiger partial charge in [-0.15, -0.1) is 0 Å². The fourth-order valence-corrected chi connectivity index (χ4v) is 4.30. The Balaban J connectivity index is 1.83. The third-order valence-corrected chi connectivity index (χ3v) is 6.21. The second-order valence-corrected chi connectivity index (χ2v) is 8.71. The first-order valence-electron chi connectivity index (χ1n) is 9.32. The van der Waals surface area contributed by atoms with Crippen molar-refractivity contribution in [2.45, 2.75) is 31.7 Å². The Morgan fingerprint density at radius 3 is 2.21 bits per heavy atom. The quantitative estimate of drug-likeness (QED) is 0.626. The molecule has 0 saturated heterocycles. The summed E-state index contributed by atoms with van der Waals surface area (Å²) in [4.78, 5) is 12.8. The van der Waals surface area contributed by atoms with Crippen LogP contribution in [0.2, 0.25) is 0 Å². The lowest BCUT2D eigenvalue weighted by atomic mass is 10.1. The first kappa shape index (κ1) is 20.6. The van der Waals surface area contributed by atoms with E-state index in [4.69, 9.17) is 0 Å². The third kappa shape index (κ3) is 5.03. The first-order valence-corrected chi connectivity index (χ1v) is 10.8. The van der Waals surface area contributed by atoms with Crippen molar-refractivity contribution in [2.75, 3.05) is 4.72 Å². The fourth-order valence-electron chi connectivity index (χ4n) is 2.97. The van der Waals surface area contributed by atoms with Crippen molar-refractivity contribution in [2.24, 2.45) is 0 Å². The Morgan fingerprint density at radius 1 is 0.897 bits per heavy atom. The molecule has 0 spiro atoms. The molecule has 3 rings (SSSR count). The van der Waals surface area contributed by atoms with Crippen molar-refractivity contribution >= 4 is 21.6 Å². The molecular weight excluding hydrogens is 384 g/mol. The van der Waals surface area contributed by atoms with Gasteiger partial charge in [0.15, 0.2) is 0 Å². The number of amides is 1. The number of carbonyl (C=O) groups is 1. The van der Waals surface area contributed by atoms with E-state index in [1.165, 1.54) is 6.07 Å². The number of carbonyl (C=O) groups excluding carboxylic acids is 1. The predicted octanol–water partition coefficient (Wildman–Crippen LogP) is 4.60. The average Bonchev–Trinajstić information content (AvgIpc) is 2.70. The van der Waals surface area contributed by atoms with E-state index in [1.54, 1.807) is 31.2 Å². The summed E-state index contributed by atoms with van der Waals surface area (Å²) in [6.07, 6.45) is 0. The van der Waals surface area contributed by atoms with Crippen LogP contribution in [0.3, 0.4) is 0 Å². The maximum absolute atomic E-state index is 12.9. The Labute approximate surface area is 171 Å². The molecule has 0 aromatic heterocycles. The Morgan fingerprint density at radius 2 is 1.55 bits per heavy atom. The van der Waals surface area contributed by atoms with E-state index < -0.39 is 10.0 Å². The van der Waals surface area contributed by atoms with Crippen LogP contribution in [0, 0.1) is 13.8 Å². The van der Waals surface area contributed by atoms with Gasteiger partial charge in [-0.25, -0.2) is 8.42 Å². The van der Waals surface area contributed by atoms with E-state index in [1.807, 2.05) is 56.3 Å². The second kappa shape index (κ2) is 8.49. The molecule has 0 saturated carbocycles. The van der Waals surface area contributed by atoms with Crippen LogP contribution >= 0.6 is 0 Å². The summed E-state index contributed by atoms with van der Waals surface area (Å²) >= 11 is 0. The van der Waals surface area contributed by atoms with Crippen molar-refractivity contribution in [3.8, 4) is 0 Å². The van der Waals surface area contributed by atoms with Gasteiger partial charge in [-0.1, -0.05) is 54.1 Å². The van der Waals surface area contributed by atoms with E-state index in [9.17, 15) is 13.2 Å². The summed E-state index contributed by atoms with van der Waals surface area (Å²) in [6.45, 7) is 5.52. The smallest absolute Gasteiger partial charge is 0.262 e. The first-order chi connectivity index (χ1) is 13.8. The van der Waals surface area contributed by atoms with Gasteiger partial charge in [-0.05, 0) is 56.2 Å². The van der Waals surface area contributed by atoms with Crippen molar-refractivity contribution < 1.29 is 13.2 Å². The van der Waals surface area contributed by atoms with Crippen LogP contribution in [-0.4, -0.2) is 14.3 Å². The summed E-state index contributed by atoms with van der Waals surface area (Å²) in [5.74, 6) is -0.326. The fraction of sp³-hybridized carbons (Fsp3) is 0.174. The highest BCUT2D eigenvalue weighted by Crippen LogP contribution is 2.22. The monoisotopic (exact) mass is 408 g/mol. The average molecular weight is 409 g/mol. The van der Waals surface area contributed by atoms with E-state index in [-0.39, 0.29) is 16.8 Å². The van der Waals surface area contributed by atoms with Gasteiger partial charge >= 0.3 is 0 Å². The van der Waals surface area contributed by atoms with Gasteiger partial charge in [0, 0.05) is 11.3 Å². The standard InChI is InChI=1S/C23H24N2O3S/c1-16-9-13-21(14-10-16)25-29(27,28)22-15-20(12-11-17(22)2)23(26)24-18(3)19-7-5-4-6-8-19/h4-15,18,25H,1-3H3,(H,24,26). The van der Waals surface area contributed by atoms with Crippen LogP contribution in [-0.2, 0) is 10.0 Å². The van der Waals surface area contributed by atoms with Crippen molar-refractivity contribution in [3.63, 3.8) is 0 Å². The van der Waals surface area contributed by atoms with Crippen LogP contribution in [0.15, 0.2) is 77.7 Å². The molecule has 1 atom stereocenters. The van der Waals surface area contributed by atoms with Crippen LogP contribution in [0.4, 0.5) is 5.69 Å². The molecule has 0 radical (unpaired) electrons. The number of aryl methyl sites for hydroxylation is 2. The molecule has 0 heterocycles. The minimum Gasteiger partial charge on any atom is -0.346 e. The molecular formula is C23H24N2O3S. The zero-order valence-corrected chi connectivity index (χ0v) is 17.5. The summed E-state index contributed by atoms with van der Waals surface area (Å²) in [7, 11) is -3.82. The van der Waals surface area contributed by atoms with E-state index in [0.29, 0.717) is 16.8 Å². The maximum atomic E-state index is 12.9. The normalized spacial score (nSPS) is 12.2. The summed E-state index contributed by atoms with van der Waals surface area (Å²) < 4.78 is 28.3. The van der Waals surface area contributed by atoms with E-state index in [2.05, 4.69) is 10.0 Å². The highest BCUT2D eigenvalue weighted by atomic mass is 32.2. The lowest BCUT2D eigenvalue weighted by molar-refractivity contribution is 0.0939. The lowest BCUT2D eigenvalue weighted by Crippen LogP contribution is -2.27. The van der Waals surface area contributed by atoms with Crippen molar-refractivity contribution in [3.05, 3.63) is 95.1 Å². The summed E-state index contributed by atoms with van der Waals surface area (Å²) in [6, 6.07) is 21.2. The third-order valence-electron chi connectivity index (χ3n) is 4.69. The minimum atomic E-state index is -3.82. The van der Waals surface area contributed by atoms with E-state index >= 15 is 0 Å². The molecule has 5 nitrogen and oxygen atoms in total. The van der Waals surface area contributed by atoms with Gasteiger partial charge in [0.2, 0.25) is 0 Å². The number of rotatable bonds is 6. The van der Waals surface area contributed by atoms with Crippen LogP contribution in [0.5, 0.6) is 0 Å². The highest BCUT2D eigenvalue weighted by molar-refractivity contribution is 7.92. The largest absolute Gasteiger partial charge is 0.346 e. The summed E-state index contributed by atoms with van der Waals surface area (Å²) in [5.41, 5.74) is 3.35. The van der Waals surface area contributed by atoms with E-state index in [0.717, 1.165) is 11.1 Å². The predicted molar refractivity (Wildman–Crippen MR) is 115 cm³/mol. The molecule has 2 N–H and O–H groups in total. The molecule has 0 aliphatic heterocycles. The minimum absolute atomic E-state index is 0.0816. The Kier molecular flexibility index (Phi) is 6.03. The molecule has 0 aliphatic rings. The Hall–Kier alpha value is -3.12. The molecule has 0 aliphatic carbocycles. The molecule has 3 aromatic carbocycles. The zero-order valence-electron chi connectivity index (χ0n) is 16.6. The lowest BCUT2D eigenvalue weighted by Gasteiger charge is -2.16. The number of benzene rings is 3. The van der Waals surface area contributed by atoms with Gasteiger partial charge in [0.1, 0.15) is 0 Å². The van der Waals surface area contributed by atoms with Crippen LogP contribution < -0.4 is 10.0 Å². The highest BCUT2D eigenvalue weighted by Gasteiger charge is 2.20. The molecule has 3 aromatic rings. The van der Waals surface area contributed by atoms with Gasteiger partial charge < -0.3 is 5.32 Å². The van der Waals surface area contributed by atoms with Gasteiger partial charge in [0.25, 0.3) is 15.9 Å². The van der Waals surface area contributed by atoms with Crippen molar-refractivity contribution in [1.29, 1.82) is 0 Å². The van der Waals surface area contributed by atoms with Gasteiger partial charge in [-0.2, -0.15) is 0 Å². The molecule has 1 amide bonds. The topological polar surface area (TPSA) is 75.3 Å². The number of anilines is 1. The summed E-state index contributed by atoms with van der Waals surface area (Å²) in [5, 5.41) is 2.91. The van der Waals surface area contributed by atoms with Crippen molar-refractivity contribution in [1.82, 2.24) is 5.32 Å². The molecule has 150 valence electrons. The second-order valence-electron chi connectivity index (χ2n) is 7.06. The number of hydrogen-bond acceptors (Lipinski definition) is 3. The molecule has 0 bridgehead atoms. The van der Waals surface area contributed by atoms with Crippen LogP contribution in [0.1, 0.15) is 40.0 Å². The number of sulfonamides is 1. The number of hydrogen-bond donors (Lipinski definition) is 2. The molecule has 0 fully saturated rings. The molecule has 1 unspecified atom stereocenters. The maximum Gasteiger partial charge on any atom is 0.262 e. The molecule has 6 heteroatoms. The number of nitrogens with one attached hydrogen (secondary N) is 2. The van der Waals surface area contributed by atoms with Gasteiger partial charge in [0.05, 0.1) is 10.9 Å². The zero-order chi connectivity index (χ0) is 21.0. The van der Waals surface area contributed by atoms with Crippen LogP contribution in [0.25, 0.3) is 0 Å². The Bertz CT molecular complexity index is 1110.